The number of rotatable bonds is 5. The number of benzene rings is 2. The molecule has 0 bridgehead atoms. The van der Waals surface area contributed by atoms with Crippen molar-refractivity contribution >= 4 is 16.9 Å². The van der Waals surface area contributed by atoms with Crippen LogP contribution in [0.2, 0.25) is 0 Å². The second-order valence-electron chi connectivity index (χ2n) is 6.00. The second-order valence-corrected chi connectivity index (χ2v) is 6.00. The van der Waals surface area contributed by atoms with Crippen LogP contribution < -0.4 is 10.1 Å². The Balaban J connectivity index is 1.59. The van der Waals surface area contributed by atoms with Crippen molar-refractivity contribution < 1.29 is 4.74 Å². The Kier molecular flexibility index (Phi) is 4.23. The SMILES string of the molecule is COc1ccc(C(C)Nc2cncc(-n3cnc4ccccc43)n2)cc1. The molecule has 2 aromatic carbocycles. The standard InChI is InChI=1S/C20H19N5O/c1-14(15-7-9-16(26-2)10-8-15)23-19-11-21-12-20(24-19)25-13-22-17-5-3-4-6-18(17)25/h3-14H,1-2H3,(H,23,24). The van der Waals surface area contributed by atoms with Gasteiger partial charge in [-0.3, -0.25) is 9.55 Å². The molecule has 0 fully saturated rings. The molecule has 0 aliphatic carbocycles. The van der Waals surface area contributed by atoms with E-state index in [1.807, 2.05) is 53.1 Å². The van der Waals surface area contributed by atoms with Crippen LogP contribution in [0, 0.1) is 0 Å². The molecule has 4 aromatic rings. The highest BCUT2D eigenvalue weighted by molar-refractivity contribution is 5.76. The molecule has 0 radical (unpaired) electrons. The highest BCUT2D eigenvalue weighted by Crippen LogP contribution is 2.22. The summed E-state index contributed by atoms with van der Waals surface area (Å²) in [6.07, 6.45) is 5.23. The normalized spacial score (nSPS) is 12.1. The number of hydrogen-bond acceptors (Lipinski definition) is 5. The summed E-state index contributed by atoms with van der Waals surface area (Å²) in [6.45, 7) is 2.09. The molecule has 26 heavy (non-hydrogen) atoms. The second kappa shape index (κ2) is 6.84. The van der Waals surface area contributed by atoms with Crippen LogP contribution in [-0.2, 0) is 0 Å². The molecule has 1 unspecified atom stereocenters. The maximum Gasteiger partial charge on any atom is 0.159 e. The first kappa shape index (κ1) is 16.1. The third-order valence-corrected chi connectivity index (χ3v) is 4.30. The first-order valence-corrected chi connectivity index (χ1v) is 8.39. The summed E-state index contributed by atoms with van der Waals surface area (Å²) in [4.78, 5) is 13.4. The van der Waals surface area contributed by atoms with Crippen molar-refractivity contribution in [2.75, 3.05) is 12.4 Å². The van der Waals surface area contributed by atoms with Crippen LogP contribution in [0.25, 0.3) is 16.9 Å². The Morgan fingerprint density at radius 2 is 1.85 bits per heavy atom. The third-order valence-electron chi connectivity index (χ3n) is 4.30. The molecule has 0 amide bonds. The summed E-state index contributed by atoms with van der Waals surface area (Å²) in [7, 11) is 1.66. The molecule has 0 saturated carbocycles. The molecule has 1 N–H and O–H groups in total. The molecular weight excluding hydrogens is 326 g/mol. The molecule has 4 rings (SSSR count). The summed E-state index contributed by atoms with van der Waals surface area (Å²) in [5.74, 6) is 2.28. The Bertz CT molecular complexity index is 1030. The van der Waals surface area contributed by atoms with E-state index in [0.29, 0.717) is 5.82 Å². The van der Waals surface area contributed by atoms with Crippen molar-refractivity contribution in [3.05, 3.63) is 72.8 Å². The molecule has 2 aromatic heterocycles. The van der Waals surface area contributed by atoms with Gasteiger partial charge in [0.25, 0.3) is 0 Å². The summed E-state index contributed by atoms with van der Waals surface area (Å²) in [5.41, 5.74) is 3.08. The number of hydrogen-bond donors (Lipinski definition) is 1. The van der Waals surface area contributed by atoms with Gasteiger partial charge in [0.2, 0.25) is 0 Å². The first-order valence-electron chi connectivity index (χ1n) is 8.39. The highest BCUT2D eigenvalue weighted by Gasteiger charge is 2.09. The van der Waals surface area contributed by atoms with E-state index in [4.69, 9.17) is 4.74 Å². The molecule has 130 valence electrons. The van der Waals surface area contributed by atoms with Crippen molar-refractivity contribution in [2.24, 2.45) is 0 Å². The van der Waals surface area contributed by atoms with Crippen LogP contribution in [0.4, 0.5) is 5.82 Å². The van der Waals surface area contributed by atoms with E-state index >= 15 is 0 Å². The van der Waals surface area contributed by atoms with E-state index in [-0.39, 0.29) is 6.04 Å². The van der Waals surface area contributed by atoms with Gasteiger partial charge in [-0.2, -0.15) is 0 Å². The van der Waals surface area contributed by atoms with Crippen molar-refractivity contribution in [3.8, 4) is 11.6 Å². The molecule has 6 nitrogen and oxygen atoms in total. The minimum absolute atomic E-state index is 0.0880. The zero-order valence-electron chi connectivity index (χ0n) is 14.6. The average molecular weight is 345 g/mol. The van der Waals surface area contributed by atoms with Gasteiger partial charge in [-0.25, -0.2) is 9.97 Å². The minimum atomic E-state index is 0.0880. The van der Waals surface area contributed by atoms with E-state index in [0.717, 1.165) is 28.2 Å². The van der Waals surface area contributed by atoms with Gasteiger partial charge in [0.05, 0.1) is 30.5 Å². The minimum Gasteiger partial charge on any atom is -0.497 e. The Morgan fingerprint density at radius 3 is 2.65 bits per heavy atom. The lowest BCUT2D eigenvalue weighted by Crippen LogP contribution is -2.09. The van der Waals surface area contributed by atoms with Crippen LogP contribution in [0.15, 0.2) is 67.3 Å². The van der Waals surface area contributed by atoms with Crippen LogP contribution in [0.5, 0.6) is 5.75 Å². The predicted octanol–water partition coefficient (Wildman–Crippen LogP) is 4.00. The van der Waals surface area contributed by atoms with Gasteiger partial charge in [0.15, 0.2) is 5.82 Å². The molecule has 0 aliphatic rings. The summed E-state index contributed by atoms with van der Waals surface area (Å²) in [5, 5.41) is 3.40. The number of methoxy groups -OCH3 is 1. The van der Waals surface area contributed by atoms with Gasteiger partial charge in [-0.1, -0.05) is 24.3 Å². The van der Waals surface area contributed by atoms with Crippen molar-refractivity contribution in [3.63, 3.8) is 0 Å². The summed E-state index contributed by atoms with van der Waals surface area (Å²) in [6, 6.07) is 16.0. The number of aromatic nitrogens is 4. The molecule has 6 heteroatoms. The van der Waals surface area contributed by atoms with Crippen molar-refractivity contribution in [2.45, 2.75) is 13.0 Å². The van der Waals surface area contributed by atoms with Crippen molar-refractivity contribution in [1.82, 2.24) is 19.5 Å². The molecule has 2 heterocycles. The molecule has 0 saturated heterocycles. The van der Waals surface area contributed by atoms with Gasteiger partial charge in [0.1, 0.15) is 17.9 Å². The Labute approximate surface area is 151 Å². The number of imidazole rings is 1. The number of nitrogens with zero attached hydrogens (tertiary/aromatic N) is 4. The van der Waals surface area contributed by atoms with Crippen LogP contribution >= 0.6 is 0 Å². The lowest BCUT2D eigenvalue weighted by molar-refractivity contribution is 0.414. The maximum absolute atomic E-state index is 5.21. The smallest absolute Gasteiger partial charge is 0.159 e. The number of para-hydroxylation sites is 2. The first-order chi connectivity index (χ1) is 12.7. The highest BCUT2D eigenvalue weighted by atomic mass is 16.5. The summed E-state index contributed by atoms with van der Waals surface area (Å²) >= 11 is 0. The zero-order valence-corrected chi connectivity index (χ0v) is 14.6. The van der Waals surface area contributed by atoms with Gasteiger partial charge in [0, 0.05) is 6.04 Å². The lowest BCUT2D eigenvalue weighted by atomic mass is 10.1. The number of fused-ring (bicyclic) bond motifs is 1. The van der Waals surface area contributed by atoms with Gasteiger partial charge < -0.3 is 10.1 Å². The quantitative estimate of drug-likeness (QED) is 0.592. The van der Waals surface area contributed by atoms with E-state index in [9.17, 15) is 0 Å². The van der Waals surface area contributed by atoms with E-state index in [1.54, 1.807) is 25.8 Å². The van der Waals surface area contributed by atoms with E-state index in [2.05, 4.69) is 27.2 Å². The van der Waals surface area contributed by atoms with Gasteiger partial charge >= 0.3 is 0 Å². The maximum atomic E-state index is 5.21. The van der Waals surface area contributed by atoms with Crippen molar-refractivity contribution in [1.29, 1.82) is 0 Å². The Hall–Kier alpha value is -3.41. The third kappa shape index (κ3) is 3.09. The Morgan fingerprint density at radius 1 is 1.04 bits per heavy atom. The number of anilines is 1. The molecule has 0 aliphatic heterocycles. The van der Waals surface area contributed by atoms with Crippen LogP contribution in [0.3, 0.4) is 0 Å². The monoisotopic (exact) mass is 345 g/mol. The molecule has 1 atom stereocenters. The zero-order chi connectivity index (χ0) is 17.9. The van der Waals surface area contributed by atoms with Crippen LogP contribution in [0.1, 0.15) is 18.5 Å². The fourth-order valence-corrected chi connectivity index (χ4v) is 2.88. The predicted molar refractivity (Wildman–Crippen MR) is 102 cm³/mol. The fourth-order valence-electron chi connectivity index (χ4n) is 2.88. The van der Waals surface area contributed by atoms with Crippen LogP contribution in [-0.4, -0.2) is 26.6 Å². The number of nitrogens with one attached hydrogen (secondary N) is 1. The largest absolute Gasteiger partial charge is 0.497 e. The topological polar surface area (TPSA) is 64.9 Å². The van der Waals surface area contributed by atoms with Gasteiger partial charge in [-0.15, -0.1) is 0 Å². The fraction of sp³-hybridized carbons (Fsp3) is 0.150. The van der Waals surface area contributed by atoms with E-state index in [1.165, 1.54) is 0 Å². The van der Waals surface area contributed by atoms with E-state index < -0.39 is 0 Å². The average Bonchev–Trinajstić information content (AvgIpc) is 3.12. The molecular formula is C20H19N5O. The lowest BCUT2D eigenvalue weighted by Gasteiger charge is -2.15. The summed E-state index contributed by atoms with van der Waals surface area (Å²) < 4.78 is 7.14. The van der Waals surface area contributed by atoms with Gasteiger partial charge in [-0.05, 0) is 36.8 Å². The number of ether oxygens (including phenoxy) is 1. The molecule has 0 spiro atoms.